The summed E-state index contributed by atoms with van der Waals surface area (Å²) < 4.78 is 10.2. The van der Waals surface area contributed by atoms with Crippen LogP contribution >= 0.6 is 0 Å². The predicted molar refractivity (Wildman–Crippen MR) is 65.3 cm³/mol. The van der Waals surface area contributed by atoms with Crippen molar-refractivity contribution >= 4 is 5.97 Å². The largest absolute Gasteiger partial charge is 0.481 e. The van der Waals surface area contributed by atoms with Crippen LogP contribution in [-0.2, 0) is 22.7 Å². The summed E-state index contributed by atoms with van der Waals surface area (Å²) in [4.78, 5) is 13.5. The molecule has 2 saturated heterocycles. The zero-order valence-corrected chi connectivity index (χ0v) is 10.9. The molecule has 0 radical (unpaired) electrons. The fourth-order valence-electron chi connectivity index (χ4n) is 3.44. The van der Waals surface area contributed by atoms with E-state index in [0.29, 0.717) is 25.0 Å². The van der Waals surface area contributed by atoms with Gasteiger partial charge in [0.1, 0.15) is 6.61 Å². The molecule has 1 aromatic heterocycles. The van der Waals surface area contributed by atoms with E-state index < -0.39 is 5.97 Å². The summed E-state index contributed by atoms with van der Waals surface area (Å²) in [5.74, 6) is -0.180. The van der Waals surface area contributed by atoms with E-state index in [1.807, 2.05) is 6.07 Å². The standard InChI is InChI=1S/C13H18N2O4/c1-18-7-10-4-8(14-19-10)6-15-9-2-3-12(15)11(5-9)13(16)17/h4,9,11-12H,2-3,5-7H2,1H3,(H,16,17). The van der Waals surface area contributed by atoms with Gasteiger partial charge >= 0.3 is 5.97 Å². The lowest BCUT2D eigenvalue weighted by atomic mass is 9.89. The van der Waals surface area contributed by atoms with Gasteiger partial charge in [0.2, 0.25) is 0 Å². The van der Waals surface area contributed by atoms with Crippen LogP contribution in [0.15, 0.2) is 10.6 Å². The number of ether oxygens (including phenoxy) is 1. The molecule has 104 valence electrons. The van der Waals surface area contributed by atoms with Crippen LogP contribution < -0.4 is 0 Å². The van der Waals surface area contributed by atoms with Gasteiger partial charge in [-0.3, -0.25) is 9.69 Å². The van der Waals surface area contributed by atoms with Gasteiger partial charge in [0.15, 0.2) is 5.76 Å². The first-order chi connectivity index (χ1) is 9.19. The molecule has 3 unspecified atom stereocenters. The summed E-state index contributed by atoms with van der Waals surface area (Å²) in [5.41, 5.74) is 0.856. The topological polar surface area (TPSA) is 75.8 Å². The van der Waals surface area contributed by atoms with Crippen molar-refractivity contribution in [1.82, 2.24) is 10.1 Å². The Morgan fingerprint density at radius 3 is 3.16 bits per heavy atom. The van der Waals surface area contributed by atoms with Crippen LogP contribution in [0.4, 0.5) is 0 Å². The summed E-state index contributed by atoms with van der Waals surface area (Å²) in [5, 5.41) is 13.2. The lowest BCUT2D eigenvalue weighted by molar-refractivity contribution is -0.142. The molecule has 2 fully saturated rings. The number of hydrogen-bond donors (Lipinski definition) is 1. The van der Waals surface area contributed by atoms with E-state index >= 15 is 0 Å². The van der Waals surface area contributed by atoms with Crippen molar-refractivity contribution in [3.63, 3.8) is 0 Å². The van der Waals surface area contributed by atoms with Crippen molar-refractivity contribution in [3.8, 4) is 0 Å². The Morgan fingerprint density at radius 1 is 1.63 bits per heavy atom. The molecule has 3 atom stereocenters. The van der Waals surface area contributed by atoms with Crippen molar-refractivity contribution in [2.75, 3.05) is 7.11 Å². The third-order valence-electron chi connectivity index (χ3n) is 4.24. The van der Waals surface area contributed by atoms with E-state index in [9.17, 15) is 9.90 Å². The molecule has 0 spiro atoms. The van der Waals surface area contributed by atoms with E-state index in [0.717, 1.165) is 25.0 Å². The first-order valence-corrected chi connectivity index (χ1v) is 6.61. The number of hydrogen-bond acceptors (Lipinski definition) is 5. The van der Waals surface area contributed by atoms with Gasteiger partial charge in [-0.1, -0.05) is 5.16 Å². The highest BCUT2D eigenvalue weighted by Gasteiger charge is 2.49. The predicted octanol–water partition coefficient (Wildman–Crippen LogP) is 1.26. The third-order valence-corrected chi connectivity index (χ3v) is 4.24. The lowest BCUT2D eigenvalue weighted by Crippen LogP contribution is -2.32. The highest BCUT2D eigenvalue weighted by atomic mass is 16.5. The molecule has 0 aliphatic carbocycles. The summed E-state index contributed by atoms with van der Waals surface area (Å²) in [6.45, 7) is 1.09. The SMILES string of the molecule is COCc1cc(CN2C3CCC2C(C(=O)O)C3)no1. The number of nitrogens with zero attached hydrogens (tertiary/aromatic N) is 2. The van der Waals surface area contributed by atoms with Crippen molar-refractivity contribution in [2.45, 2.75) is 44.5 Å². The Hall–Kier alpha value is -1.40. The van der Waals surface area contributed by atoms with Crippen LogP contribution in [0.2, 0.25) is 0 Å². The zero-order valence-electron chi connectivity index (χ0n) is 10.9. The van der Waals surface area contributed by atoms with Crippen LogP contribution in [0.1, 0.15) is 30.7 Å². The first kappa shape index (κ1) is 12.6. The summed E-state index contributed by atoms with van der Waals surface area (Å²) >= 11 is 0. The molecule has 2 bridgehead atoms. The van der Waals surface area contributed by atoms with Crippen molar-refractivity contribution in [1.29, 1.82) is 0 Å². The minimum Gasteiger partial charge on any atom is -0.481 e. The highest BCUT2D eigenvalue weighted by Crippen LogP contribution is 2.42. The third kappa shape index (κ3) is 2.26. The van der Waals surface area contributed by atoms with Gasteiger partial charge in [-0.05, 0) is 19.3 Å². The molecule has 2 aliphatic rings. The Balaban J connectivity index is 1.68. The Bertz CT molecular complexity index is 473. The summed E-state index contributed by atoms with van der Waals surface area (Å²) in [6, 6.07) is 2.43. The molecule has 0 amide bonds. The van der Waals surface area contributed by atoms with Crippen molar-refractivity contribution in [2.24, 2.45) is 5.92 Å². The Labute approximate surface area is 111 Å². The number of methoxy groups -OCH3 is 1. The van der Waals surface area contributed by atoms with E-state index in [2.05, 4.69) is 10.1 Å². The molecule has 0 saturated carbocycles. The van der Waals surface area contributed by atoms with Gasteiger partial charge in [0, 0.05) is 31.8 Å². The van der Waals surface area contributed by atoms with Gasteiger partial charge in [0.25, 0.3) is 0 Å². The molecule has 6 nitrogen and oxygen atoms in total. The molecule has 1 N–H and O–H groups in total. The Morgan fingerprint density at radius 2 is 2.47 bits per heavy atom. The maximum atomic E-state index is 11.2. The van der Waals surface area contributed by atoms with Crippen LogP contribution in [-0.4, -0.2) is 40.3 Å². The second kappa shape index (κ2) is 4.94. The normalized spacial score (nSPS) is 30.1. The van der Waals surface area contributed by atoms with Crippen molar-refractivity contribution in [3.05, 3.63) is 17.5 Å². The van der Waals surface area contributed by atoms with Crippen LogP contribution in [0.25, 0.3) is 0 Å². The summed E-state index contributed by atoms with van der Waals surface area (Å²) in [6.07, 6.45) is 2.84. The number of fused-ring (bicyclic) bond motifs is 2. The number of carbonyl (C=O) groups is 1. The fourth-order valence-corrected chi connectivity index (χ4v) is 3.44. The molecule has 0 aromatic carbocycles. The minimum atomic E-state index is -0.669. The van der Waals surface area contributed by atoms with Crippen LogP contribution in [0.5, 0.6) is 0 Å². The molecule has 3 heterocycles. The first-order valence-electron chi connectivity index (χ1n) is 6.61. The van der Waals surface area contributed by atoms with E-state index in [1.165, 1.54) is 0 Å². The molecular formula is C13H18N2O4. The van der Waals surface area contributed by atoms with Gasteiger partial charge in [0.05, 0.1) is 11.6 Å². The van der Waals surface area contributed by atoms with Gasteiger partial charge < -0.3 is 14.4 Å². The molecular weight excluding hydrogens is 248 g/mol. The van der Waals surface area contributed by atoms with Gasteiger partial charge in [-0.25, -0.2) is 0 Å². The fraction of sp³-hybridized carbons (Fsp3) is 0.692. The molecule has 2 aliphatic heterocycles. The average Bonchev–Trinajstić information content (AvgIpc) is 3.06. The van der Waals surface area contributed by atoms with Gasteiger partial charge in [-0.2, -0.15) is 0 Å². The summed E-state index contributed by atoms with van der Waals surface area (Å²) in [7, 11) is 1.61. The smallest absolute Gasteiger partial charge is 0.308 e. The molecule has 6 heteroatoms. The maximum absolute atomic E-state index is 11.2. The highest BCUT2D eigenvalue weighted by molar-refractivity contribution is 5.71. The average molecular weight is 266 g/mol. The van der Waals surface area contributed by atoms with E-state index in [1.54, 1.807) is 7.11 Å². The zero-order chi connectivity index (χ0) is 13.4. The van der Waals surface area contributed by atoms with Crippen molar-refractivity contribution < 1.29 is 19.2 Å². The number of aliphatic carboxylic acids is 1. The molecule has 19 heavy (non-hydrogen) atoms. The molecule has 3 rings (SSSR count). The van der Waals surface area contributed by atoms with Gasteiger partial charge in [-0.15, -0.1) is 0 Å². The number of carboxylic acids is 1. The second-order valence-corrected chi connectivity index (χ2v) is 5.37. The number of rotatable bonds is 5. The lowest BCUT2D eigenvalue weighted by Gasteiger charge is -2.21. The van der Waals surface area contributed by atoms with Crippen LogP contribution in [0, 0.1) is 5.92 Å². The van der Waals surface area contributed by atoms with E-state index in [4.69, 9.17) is 9.26 Å². The molecule has 1 aromatic rings. The van der Waals surface area contributed by atoms with E-state index in [-0.39, 0.29) is 12.0 Å². The monoisotopic (exact) mass is 266 g/mol. The number of carboxylic acid groups (broad SMARTS) is 1. The van der Waals surface area contributed by atoms with Crippen LogP contribution in [0.3, 0.4) is 0 Å². The second-order valence-electron chi connectivity index (χ2n) is 5.37. The number of aromatic nitrogens is 1. The Kier molecular flexibility index (Phi) is 3.28. The minimum absolute atomic E-state index is 0.157. The maximum Gasteiger partial charge on any atom is 0.308 e. The quantitative estimate of drug-likeness (QED) is 0.864.